The molecule has 3 aromatic rings. The van der Waals surface area contributed by atoms with Crippen LogP contribution in [0.4, 0.5) is 0 Å². The fourth-order valence-corrected chi connectivity index (χ4v) is 4.28. The smallest absolute Gasteiger partial charge is 0.0842 e. The lowest BCUT2D eigenvalue weighted by molar-refractivity contribution is 0.0461. The van der Waals surface area contributed by atoms with Crippen LogP contribution in [0.3, 0.4) is 0 Å². The highest BCUT2D eigenvalue weighted by molar-refractivity contribution is 5.49. The number of rotatable bonds is 5. The van der Waals surface area contributed by atoms with E-state index in [0.29, 0.717) is 0 Å². The molecule has 0 amide bonds. The van der Waals surface area contributed by atoms with Crippen LogP contribution < -0.4 is 0 Å². The van der Waals surface area contributed by atoms with Gasteiger partial charge in [0, 0.05) is 26.2 Å². The summed E-state index contributed by atoms with van der Waals surface area (Å²) in [5.74, 6) is 0. The van der Waals surface area contributed by atoms with E-state index >= 15 is 0 Å². The summed E-state index contributed by atoms with van der Waals surface area (Å²) < 4.78 is 0. The van der Waals surface area contributed by atoms with Gasteiger partial charge in [0.25, 0.3) is 0 Å². The zero-order valence-corrected chi connectivity index (χ0v) is 16.5. The van der Waals surface area contributed by atoms with Crippen molar-refractivity contribution >= 4 is 6.08 Å². The monoisotopic (exact) mass is 368 g/mol. The lowest BCUT2D eigenvalue weighted by atomic mass is 9.79. The van der Waals surface area contributed by atoms with Crippen LogP contribution in [0.1, 0.15) is 16.7 Å². The SMILES string of the molecule is CN1CCN(CC=Cc2ccccc2)CC1(c1ccccc1)c1ccccc1. The third-order valence-corrected chi connectivity index (χ3v) is 5.83. The maximum Gasteiger partial charge on any atom is 0.0842 e. The van der Waals surface area contributed by atoms with Crippen molar-refractivity contribution in [3.8, 4) is 0 Å². The van der Waals surface area contributed by atoms with E-state index in [0.717, 1.165) is 26.2 Å². The summed E-state index contributed by atoms with van der Waals surface area (Å²) in [7, 11) is 2.26. The quantitative estimate of drug-likeness (QED) is 0.633. The third kappa shape index (κ3) is 3.80. The van der Waals surface area contributed by atoms with Crippen LogP contribution in [0, 0.1) is 0 Å². The molecule has 142 valence electrons. The van der Waals surface area contributed by atoms with Crippen LogP contribution in [0.5, 0.6) is 0 Å². The Morgan fingerprint density at radius 3 is 1.86 bits per heavy atom. The second-order valence-electron chi connectivity index (χ2n) is 7.56. The van der Waals surface area contributed by atoms with Gasteiger partial charge in [0.1, 0.15) is 0 Å². The first-order chi connectivity index (χ1) is 13.8. The summed E-state index contributed by atoms with van der Waals surface area (Å²) in [6, 6.07) is 32.4. The van der Waals surface area contributed by atoms with E-state index in [-0.39, 0.29) is 5.54 Å². The summed E-state index contributed by atoms with van der Waals surface area (Å²) in [6.07, 6.45) is 4.52. The van der Waals surface area contributed by atoms with E-state index in [4.69, 9.17) is 0 Å². The number of hydrogen-bond acceptors (Lipinski definition) is 2. The molecule has 0 bridgehead atoms. The van der Waals surface area contributed by atoms with Gasteiger partial charge in [-0.25, -0.2) is 0 Å². The molecule has 0 unspecified atom stereocenters. The van der Waals surface area contributed by atoms with Gasteiger partial charge in [-0.15, -0.1) is 0 Å². The average molecular weight is 369 g/mol. The summed E-state index contributed by atoms with van der Waals surface area (Å²) in [5, 5.41) is 0. The number of piperazine rings is 1. The Bertz CT molecular complexity index is 848. The number of nitrogens with zero attached hydrogens (tertiary/aromatic N) is 2. The van der Waals surface area contributed by atoms with Crippen LogP contribution in [0.2, 0.25) is 0 Å². The van der Waals surface area contributed by atoms with Crippen LogP contribution in [-0.4, -0.2) is 43.0 Å². The van der Waals surface area contributed by atoms with E-state index in [1.807, 2.05) is 0 Å². The van der Waals surface area contributed by atoms with Crippen molar-refractivity contribution in [2.45, 2.75) is 5.54 Å². The van der Waals surface area contributed by atoms with Gasteiger partial charge in [0.05, 0.1) is 5.54 Å². The highest BCUT2D eigenvalue weighted by atomic mass is 15.3. The van der Waals surface area contributed by atoms with Crippen molar-refractivity contribution in [3.63, 3.8) is 0 Å². The average Bonchev–Trinajstić information content (AvgIpc) is 2.77. The molecule has 2 nitrogen and oxygen atoms in total. The molecule has 4 rings (SSSR count). The molecule has 0 saturated carbocycles. The molecule has 0 radical (unpaired) electrons. The zero-order valence-electron chi connectivity index (χ0n) is 16.5. The molecule has 0 atom stereocenters. The second kappa shape index (κ2) is 8.55. The Morgan fingerprint density at radius 1 is 0.750 bits per heavy atom. The van der Waals surface area contributed by atoms with Crippen molar-refractivity contribution in [3.05, 3.63) is 114 Å². The maximum atomic E-state index is 2.57. The first-order valence-corrected chi connectivity index (χ1v) is 10.1. The minimum atomic E-state index is -0.124. The Balaban J connectivity index is 1.63. The van der Waals surface area contributed by atoms with Gasteiger partial charge in [-0.2, -0.15) is 0 Å². The molecule has 3 aromatic carbocycles. The summed E-state index contributed by atoms with van der Waals surface area (Å²) in [6.45, 7) is 4.07. The molecule has 0 aliphatic carbocycles. The summed E-state index contributed by atoms with van der Waals surface area (Å²) in [4.78, 5) is 5.09. The Hall–Kier alpha value is -2.68. The van der Waals surface area contributed by atoms with Crippen LogP contribution >= 0.6 is 0 Å². The predicted molar refractivity (Wildman–Crippen MR) is 118 cm³/mol. The van der Waals surface area contributed by atoms with Gasteiger partial charge < -0.3 is 0 Å². The van der Waals surface area contributed by atoms with Gasteiger partial charge in [-0.3, -0.25) is 9.80 Å². The standard InChI is InChI=1S/C26H28N2/c1-27-20-21-28(19-11-14-23-12-5-2-6-13-23)22-26(27,24-15-7-3-8-16-24)25-17-9-4-10-18-25/h2-18H,19-22H2,1H3. The molecule has 0 aromatic heterocycles. The van der Waals surface area contributed by atoms with E-state index < -0.39 is 0 Å². The molecule has 1 saturated heterocycles. The van der Waals surface area contributed by atoms with Crippen LogP contribution in [0.15, 0.2) is 97.1 Å². The molecular formula is C26H28N2. The molecule has 1 aliphatic heterocycles. The zero-order chi connectivity index (χ0) is 19.2. The molecule has 28 heavy (non-hydrogen) atoms. The van der Waals surface area contributed by atoms with Crippen molar-refractivity contribution in [2.24, 2.45) is 0 Å². The van der Waals surface area contributed by atoms with Gasteiger partial charge in [0.15, 0.2) is 0 Å². The Morgan fingerprint density at radius 2 is 1.29 bits per heavy atom. The minimum Gasteiger partial charge on any atom is -0.296 e. The van der Waals surface area contributed by atoms with Gasteiger partial charge >= 0.3 is 0 Å². The van der Waals surface area contributed by atoms with E-state index in [1.54, 1.807) is 0 Å². The molecule has 1 heterocycles. The van der Waals surface area contributed by atoms with Crippen molar-refractivity contribution in [2.75, 3.05) is 33.2 Å². The molecule has 2 heteroatoms. The first-order valence-electron chi connectivity index (χ1n) is 10.1. The van der Waals surface area contributed by atoms with Crippen molar-refractivity contribution in [1.29, 1.82) is 0 Å². The molecule has 1 fully saturated rings. The molecular weight excluding hydrogens is 340 g/mol. The predicted octanol–water partition coefficient (Wildman–Crippen LogP) is 4.89. The Labute approximate surface area is 168 Å². The summed E-state index contributed by atoms with van der Waals surface area (Å²) in [5.41, 5.74) is 3.86. The van der Waals surface area contributed by atoms with Gasteiger partial charge in [-0.05, 0) is 23.7 Å². The number of benzene rings is 3. The number of likely N-dealkylation sites (N-methyl/N-ethyl adjacent to an activating group) is 1. The number of hydrogen-bond donors (Lipinski definition) is 0. The van der Waals surface area contributed by atoms with E-state index in [1.165, 1.54) is 16.7 Å². The van der Waals surface area contributed by atoms with Crippen LogP contribution in [-0.2, 0) is 5.54 Å². The lowest BCUT2D eigenvalue weighted by Crippen LogP contribution is -2.59. The molecule has 0 spiro atoms. The van der Waals surface area contributed by atoms with Gasteiger partial charge in [0.2, 0.25) is 0 Å². The highest BCUT2D eigenvalue weighted by Crippen LogP contribution is 2.38. The largest absolute Gasteiger partial charge is 0.296 e. The third-order valence-electron chi connectivity index (χ3n) is 5.83. The Kier molecular flexibility index (Phi) is 5.70. The van der Waals surface area contributed by atoms with E-state index in [9.17, 15) is 0 Å². The molecule has 0 N–H and O–H groups in total. The normalized spacial score (nSPS) is 17.8. The fourth-order valence-electron chi connectivity index (χ4n) is 4.28. The molecule has 1 aliphatic rings. The minimum absolute atomic E-state index is 0.124. The van der Waals surface area contributed by atoms with Crippen LogP contribution in [0.25, 0.3) is 6.08 Å². The fraction of sp³-hybridized carbons (Fsp3) is 0.231. The lowest BCUT2D eigenvalue weighted by Gasteiger charge is -2.50. The topological polar surface area (TPSA) is 6.48 Å². The van der Waals surface area contributed by atoms with Crippen molar-refractivity contribution in [1.82, 2.24) is 9.80 Å². The van der Waals surface area contributed by atoms with Crippen molar-refractivity contribution < 1.29 is 0 Å². The van der Waals surface area contributed by atoms with Gasteiger partial charge in [-0.1, -0.05) is 103 Å². The first kappa shape index (κ1) is 18.7. The summed E-state index contributed by atoms with van der Waals surface area (Å²) >= 11 is 0. The second-order valence-corrected chi connectivity index (χ2v) is 7.56. The maximum absolute atomic E-state index is 2.57. The van der Waals surface area contributed by atoms with E-state index in [2.05, 4.69) is 120 Å². The highest BCUT2D eigenvalue weighted by Gasteiger charge is 2.42.